The summed E-state index contributed by atoms with van der Waals surface area (Å²) in [6.07, 6.45) is 0. The second kappa shape index (κ2) is 12.3. The summed E-state index contributed by atoms with van der Waals surface area (Å²) in [6.45, 7) is 4.72. The van der Waals surface area contributed by atoms with Crippen LogP contribution in [0.3, 0.4) is 0 Å². The van der Waals surface area contributed by atoms with Gasteiger partial charge in [0.1, 0.15) is 0 Å². The molecule has 250 valence electrons. The Morgan fingerprint density at radius 3 is 1.40 bits per heavy atom. The van der Waals surface area contributed by atoms with Crippen LogP contribution in [0.15, 0.2) is 194 Å². The molecule has 0 unspecified atom stereocenters. The van der Waals surface area contributed by atoms with E-state index in [1.54, 1.807) is 0 Å². The topological polar surface area (TPSA) is 0 Å². The van der Waals surface area contributed by atoms with Crippen molar-refractivity contribution < 1.29 is 0 Å². The Kier molecular flexibility index (Phi) is 7.27. The van der Waals surface area contributed by atoms with Crippen molar-refractivity contribution in [3.05, 3.63) is 205 Å². The Bertz CT molecular complexity index is 2820. The Morgan fingerprint density at radius 2 is 0.736 bits per heavy atom. The predicted molar refractivity (Wildman–Crippen MR) is 226 cm³/mol. The fourth-order valence-corrected chi connectivity index (χ4v) is 8.62. The van der Waals surface area contributed by atoms with Crippen LogP contribution in [0.2, 0.25) is 0 Å². The zero-order valence-corrected chi connectivity index (χ0v) is 30.0. The van der Waals surface area contributed by atoms with E-state index in [2.05, 4.69) is 208 Å². The molecule has 0 heteroatoms. The van der Waals surface area contributed by atoms with Crippen molar-refractivity contribution in [1.82, 2.24) is 0 Å². The highest BCUT2D eigenvalue weighted by Crippen LogP contribution is 2.50. The van der Waals surface area contributed by atoms with Crippen LogP contribution in [0.5, 0.6) is 0 Å². The SMILES string of the molecule is CC1(C)c2ccccc2-c2ccc(-c3cc(-c4ccccc4)c4cc(-c5ccc(-c6ccc7ccccc7c6)cc5)cc(-c5ccccc5)c4c3)cc21. The van der Waals surface area contributed by atoms with Gasteiger partial charge in [-0.2, -0.15) is 0 Å². The number of benzene rings is 9. The lowest BCUT2D eigenvalue weighted by Gasteiger charge is -2.22. The van der Waals surface area contributed by atoms with Gasteiger partial charge in [0.05, 0.1) is 0 Å². The molecule has 0 N–H and O–H groups in total. The first-order chi connectivity index (χ1) is 26.0. The van der Waals surface area contributed by atoms with Gasteiger partial charge in [-0.1, -0.05) is 172 Å². The van der Waals surface area contributed by atoms with Crippen molar-refractivity contribution in [3.63, 3.8) is 0 Å². The maximum atomic E-state index is 2.44. The molecular weight excluding hydrogens is 637 g/mol. The highest BCUT2D eigenvalue weighted by Gasteiger charge is 2.35. The first-order valence-corrected chi connectivity index (χ1v) is 18.6. The van der Waals surface area contributed by atoms with Gasteiger partial charge in [0.2, 0.25) is 0 Å². The number of fused-ring (bicyclic) bond motifs is 5. The zero-order valence-electron chi connectivity index (χ0n) is 30.0. The minimum atomic E-state index is -0.0605. The third kappa shape index (κ3) is 5.30. The van der Waals surface area contributed by atoms with Crippen molar-refractivity contribution in [2.24, 2.45) is 0 Å². The van der Waals surface area contributed by atoms with E-state index in [0.717, 1.165) is 0 Å². The molecule has 10 rings (SSSR count). The molecule has 0 bridgehead atoms. The molecule has 0 aromatic heterocycles. The van der Waals surface area contributed by atoms with E-state index in [1.807, 2.05) is 0 Å². The van der Waals surface area contributed by atoms with E-state index in [4.69, 9.17) is 0 Å². The molecule has 9 aromatic rings. The molecule has 0 spiro atoms. The highest BCUT2D eigenvalue weighted by atomic mass is 14.4. The maximum absolute atomic E-state index is 2.44. The summed E-state index contributed by atoms with van der Waals surface area (Å²) < 4.78 is 0. The van der Waals surface area contributed by atoms with Crippen LogP contribution in [0.1, 0.15) is 25.0 Å². The monoisotopic (exact) mass is 674 g/mol. The van der Waals surface area contributed by atoms with Gasteiger partial charge in [-0.3, -0.25) is 0 Å². The largest absolute Gasteiger partial charge is 0.0622 e. The number of hydrogen-bond donors (Lipinski definition) is 0. The smallest absolute Gasteiger partial charge is 0.0159 e. The van der Waals surface area contributed by atoms with Crippen molar-refractivity contribution in [3.8, 4) is 66.8 Å². The van der Waals surface area contributed by atoms with Gasteiger partial charge in [0, 0.05) is 5.41 Å². The molecule has 53 heavy (non-hydrogen) atoms. The normalized spacial score (nSPS) is 12.9. The second-order valence-corrected chi connectivity index (χ2v) is 14.9. The van der Waals surface area contributed by atoms with Crippen LogP contribution >= 0.6 is 0 Å². The van der Waals surface area contributed by atoms with Crippen molar-refractivity contribution in [2.75, 3.05) is 0 Å². The van der Waals surface area contributed by atoms with Crippen molar-refractivity contribution in [2.45, 2.75) is 19.3 Å². The molecule has 0 radical (unpaired) electrons. The van der Waals surface area contributed by atoms with Gasteiger partial charge in [0.25, 0.3) is 0 Å². The first kappa shape index (κ1) is 31.3. The lowest BCUT2D eigenvalue weighted by molar-refractivity contribution is 0.660. The lowest BCUT2D eigenvalue weighted by atomic mass is 9.81. The molecular formula is C53H38. The molecule has 0 nitrogen and oxygen atoms in total. The minimum Gasteiger partial charge on any atom is -0.0622 e. The van der Waals surface area contributed by atoms with Crippen molar-refractivity contribution in [1.29, 1.82) is 0 Å². The molecule has 0 heterocycles. The first-order valence-electron chi connectivity index (χ1n) is 18.6. The van der Waals surface area contributed by atoms with E-state index in [-0.39, 0.29) is 5.41 Å². The van der Waals surface area contributed by atoms with Crippen LogP contribution < -0.4 is 0 Å². The van der Waals surface area contributed by atoms with Crippen molar-refractivity contribution >= 4 is 21.5 Å². The fraction of sp³-hybridized carbons (Fsp3) is 0.0566. The quantitative estimate of drug-likeness (QED) is 0.170. The molecule has 1 aliphatic carbocycles. The lowest BCUT2D eigenvalue weighted by Crippen LogP contribution is -2.14. The Balaban J connectivity index is 1.16. The third-order valence-electron chi connectivity index (χ3n) is 11.5. The molecule has 0 fully saturated rings. The van der Waals surface area contributed by atoms with E-state index >= 15 is 0 Å². The van der Waals surface area contributed by atoms with Gasteiger partial charge < -0.3 is 0 Å². The Morgan fingerprint density at radius 1 is 0.264 bits per heavy atom. The highest BCUT2D eigenvalue weighted by molar-refractivity contribution is 6.09. The van der Waals surface area contributed by atoms with Gasteiger partial charge >= 0.3 is 0 Å². The van der Waals surface area contributed by atoms with E-state index in [1.165, 1.54) is 99.4 Å². The summed E-state index contributed by atoms with van der Waals surface area (Å²) >= 11 is 0. The average Bonchev–Trinajstić information content (AvgIpc) is 3.46. The maximum Gasteiger partial charge on any atom is 0.0159 e. The summed E-state index contributed by atoms with van der Waals surface area (Å²) in [5, 5.41) is 5.04. The van der Waals surface area contributed by atoms with E-state index in [0.29, 0.717) is 0 Å². The molecule has 0 aliphatic heterocycles. The van der Waals surface area contributed by atoms with Crippen LogP contribution in [0, 0.1) is 0 Å². The molecule has 0 amide bonds. The molecule has 1 aliphatic rings. The standard InChI is InChI=1S/C53H38/c1-53(2)51-20-12-11-19-45(51)46-28-27-42(34-52(46)53)44-31-48(39-16-7-4-8-17-39)49-32-43(30-47(50(49)33-44)38-14-5-3-6-15-38)37-23-21-36(22-24-37)41-26-25-35-13-9-10-18-40(35)29-41/h3-34H,1-2H3. The van der Waals surface area contributed by atoms with Gasteiger partial charge in [0.15, 0.2) is 0 Å². The second-order valence-electron chi connectivity index (χ2n) is 14.9. The Hall–Kier alpha value is -6.50. The number of hydrogen-bond acceptors (Lipinski definition) is 0. The molecule has 0 saturated heterocycles. The Labute approximate surface area is 311 Å². The third-order valence-corrected chi connectivity index (χ3v) is 11.5. The average molecular weight is 675 g/mol. The molecule has 9 aromatic carbocycles. The van der Waals surface area contributed by atoms with Gasteiger partial charge in [-0.05, 0) is 136 Å². The summed E-state index contributed by atoms with van der Waals surface area (Å²) in [5.74, 6) is 0. The van der Waals surface area contributed by atoms with Crippen LogP contribution in [-0.2, 0) is 5.41 Å². The van der Waals surface area contributed by atoms with Crippen LogP contribution in [0.25, 0.3) is 88.3 Å². The summed E-state index contributed by atoms with van der Waals surface area (Å²) in [5.41, 5.74) is 17.7. The molecule has 0 saturated carbocycles. The number of rotatable bonds is 5. The zero-order chi connectivity index (χ0) is 35.5. The van der Waals surface area contributed by atoms with Gasteiger partial charge in [-0.25, -0.2) is 0 Å². The summed E-state index contributed by atoms with van der Waals surface area (Å²) in [7, 11) is 0. The predicted octanol–water partition coefficient (Wildman–Crippen LogP) is 14.6. The molecule has 0 atom stereocenters. The van der Waals surface area contributed by atoms with Crippen LogP contribution in [0.4, 0.5) is 0 Å². The fourth-order valence-electron chi connectivity index (χ4n) is 8.62. The van der Waals surface area contributed by atoms with E-state index < -0.39 is 0 Å². The van der Waals surface area contributed by atoms with Gasteiger partial charge in [-0.15, -0.1) is 0 Å². The minimum absolute atomic E-state index is 0.0605. The summed E-state index contributed by atoms with van der Waals surface area (Å²) in [6, 6.07) is 71.8. The van der Waals surface area contributed by atoms with Crippen LogP contribution in [-0.4, -0.2) is 0 Å². The van der Waals surface area contributed by atoms with E-state index in [9.17, 15) is 0 Å². The summed E-state index contributed by atoms with van der Waals surface area (Å²) in [4.78, 5) is 0.